The summed E-state index contributed by atoms with van der Waals surface area (Å²) in [6.07, 6.45) is 1.29. The molecule has 6 heteroatoms. The van der Waals surface area contributed by atoms with E-state index < -0.39 is 4.92 Å². The van der Waals surface area contributed by atoms with Crippen LogP contribution in [0.1, 0.15) is 33.3 Å². The quantitative estimate of drug-likeness (QED) is 0.614. The second-order valence-electron chi connectivity index (χ2n) is 5.47. The first-order chi connectivity index (χ1) is 9.32. The molecular weight excluding hydrogens is 256 g/mol. The first-order valence-corrected chi connectivity index (χ1v) is 6.93. The average Bonchev–Trinajstić information content (AvgIpc) is 2.34. The molecular formula is C14H24N4O2. The Morgan fingerprint density at radius 1 is 1.35 bits per heavy atom. The number of rotatable bonds is 7. The van der Waals surface area contributed by atoms with Crippen LogP contribution in [0.25, 0.3) is 0 Å². The first kappa shape index (κ1) is 16.4. The van der Waals surface area contributed by atoms with Crippen molar-refractivity contribution in [1.82, 2.24) is 9.88 Å². The highest BCUT2D eigenvalue weighted by Crippen LogP contribution is 2.17. The largest absolute Gasteiger partial charge is 0.369 e. The van der Waals surface area contributed by atoms with Crippen molar-refractivity contribution in [2.45, 2.75) is 46.7 Å². The van der Waals surface area contributed by atoms with E-state index in [4.69, 9.17) is 0 Å². The van der Waals surface area contributed by atoms with E-state index in [1.807, 2.05) is 6.92 Å². The third-order valence-electron chi connectivity index (χ3n) is 3.26. The van der Waals surface area contributed by atoms with Crippen LogP contribution in [0.2, 0.25) is 0 Å². The molecule has 20 heavy (non-hydrogen) atoms. The topological polar surface area (TPSA) is 71.3 Å². The van der Waals surface area contributed by atoms with Gasteiger partial charge in [-0.05, 0) is 40.2 Å². The van der Waals surface area contributed by atoms with Crippen molar-refractivity contribution in [3.05, 3.63) is 27.9 Å². The normalized spacial score (nSPS) is 11.4. The van der Waals surface area contributed by atoms with E-state index >= 15 is 0 Å². The van der Waals surface area contributed by atoms with Crippen LogP contribution in [0.5, 0.6) is 0 Å². The third-order valence-corrected chi connectivity index (χ3v) is 3.26. The summed E-state index contributed by atoms with van der Waals surface area (Å²) in [5, 5.41) is 13.9. The first-order valence-electron chi connectivity index (χ1n) is 6.93. The van der Waals surface area contributed by atoms with E-state index in [0.717, 1.165) is 18.7 Å². The van der Waals surface area contributed by atoms with E-state index in [-0.39, 0.29) is 5.69 Å². The van der Waals surface area contributed by atoms with Crippen LogP contribution < -0.4 is 5.32 Å². The van der Waals surface area contributed by atoms with Gasteiger partial charge in [0, 0.05) is 31.2 Å². The number of aromatic nitrogens is 1. The Kier molecular flexibility index (Phi) is 5.88. The summed E-state index contributed by atoms with van der Waals surface area (Å²) in [5.41, 5.74) is 0.818. The molecule has 1 N–H and O–H groups in total. The fourth-order valence-corrected chi connectivity index (χ4v) is 2.26. The number of hydrogen-bond donors (Lipinski definition) is 1. The molecule has 0 atom stereocenters. The van der Waals surface area contributed by atoms with Crippen LogP contribution >= 0.6 is 0 Å². The summed E-state index contributed by atoms with van der Waals surface area (Å²) in [6.45, 7) is 12.2. The van der Waals surface area contributed by atoms with Gasteiger partial charge in [0.1, 0.15) is 12.0 Å². The fraction of sp³-hybridized carbons (Fsp3) is 0.643. The fourth-order valence-electron chi connectivity index (χ4n) is 2.26. The summed E-state index contributed by atoms with van der Waals surface area (Å²) < 4.78 is 0. The zero-order valence-electron chi connectivity index (χ0n) is 12.9. The highest BCUT2D eigenvalue weighted by Gasteiger charge is 2.13. The number of nitrogens with zero attached hydrogens (tertiary/aromatic N) is 3. The monoisotopic (exact) mass is 280 g/mol. The van der Waals surface area contributed by atoms with Crippen molar-refractivity contribution in [2.75, 3.05) is 18.4 Å². The Morgan fingerprint density at radius 3 is 2.40 bits per heavy atom. The Morgan fingerprint density at radius 2 is 1.95 bits per heavy atom. The average molecular weight is 280 g/mol. The number of nitro groups is 1. The lowest BCUT2D eigenvalue weighted by atomic mass is 10.2. The Hall–Kier alpha value is -1.69. The van der Waals surface area contributed by atoms with Crippen molar-refractivity contribution in [3.63, 3.8) is 0 Å². The van der Waals surface area contributed by atoms with Gasteiger partial charge in [-0.15, -0.1) is 0 Å². The number of nitrogens with one attached hydrogen (secondary N) is 1. The van der Waals surface area contributed by atoms with Crippen LogP contribution in [-0.4, -0.2) is 40.0 Å². The minimum Gasteiger partial charge on any atom is -0.369 e. The third kappa shape index (κ3) is 4.45. The molecule has 0 aliphatic carbocycles. The zero-order chi connectivity index (χ0) is 15.3. The lowest BCUT2D eigenvalue weighted by molar-refractivity contribution is -0.385. The predicted molar refractivity (Wildman–Crippen MR) is 81.1 cm³/mol. The standard InChI is InChI=1S/C14H24N4O2/c1-10(2)17(11(3)4)7-6-15-14-12(5)8-13(9-16-14)18(19)20/h8-11H,6-7H2,1-5H3,(H,15,16). The van der Waals surface area contributed by atoms with E-state index in [9.17, 15) is 10.1 Å². The van der Waals surface area contributed by atoms with E-state index in [1.54, 1.807) is 0 Å². The molecule has 0 fully saturated rings. The van der Waals surface area contributed by atoms with Gasteiger partial charge in [0.15, 0.2) is 0 Å². The molecule has 0 saturated heterocycles. The van der Waals surface area contributed by atoms with Gasteiger partial charge in [0.25, 0.3) is 5.69 Å². The molecule has 0 bridgehead atoms. The van der Waals surface area contributed by atoms with Crippen molar-refractivity contribution in [1.29, 1.82) is 0 Å². The van der Waals surface area contributed by atoms with Crippen LogP contribution in [0.3, 0.4) is 0 Å². The molecule has 1 aromatic heterocycles. The highest BCUT2D eigenvalue weighted by molar-refractivity contribution is 5.48. The molecule has 0 saturated carbocycles. The zero-order valence-corrected chi connectivity index (χ0v) is 12.9. The maximum atomic E-state index is 10.7. The van der Waals surface area contributed by atoms with Gasteiger partial charge in [0.2, 0.25) is 0 Å². The van der Waals surface area contributed by atoms with Gasteiger partial charge in [-0.1, -0.05) is 0 Å². The summed E-state index contributed by atoms with van der Waals surface area (Å²) in [4.78, 5) is 16.7. The van der Waals surface area contributed by atoms with Crippen molar-refractivity contribution >= 4 is 11.5 Å². The Balaban J connectivity index is 2.60. The second kappa shape index (κ2) is 7.19. The molecule has 0 amide bonds. The molecule has 1 rings (SSSR count). The SMILES string of the molecule is Cc1cc([N+](=O)[O-])cnc1NCCN(C(C)C)C(C)C. The number of hydrogen-bond acceptors (Lipinski definition) is 5. The summed E-state index contributed by atoms with van der Waals surface area (Å²) in [6, 6.07) is 2.52. The van der Waals surface area contributed by atoms with Gasteiger partial charge < -0.3 is 5.32 Å². The molecule has 0 radical (unpaired) electrons. The van der Waals surface area contributed by atoms with E-state index in [0.29, 0.717) is 17.9 Å². The minimum atomic E-state index is -0.428. The maximum Gasteiger partial charge on any atom is 0.287 e. The number of aryl methyl sites for hydroxylation is 1. The molecule has 0 aliphatic heterocycles. The van der Waals surface area contributed by atoms with Crippen LogP contribution in [0.15, 0.2) is 12.3 Å². The molecule has 0 aliphatic rings. The van der Waals surface area contributed by atoms with Crippen molar-refractivity contribution < 1.29 is 4.92 Å². The van der Waals surface area contributed by atoms with E-state index in [2.05, 4.69) is 42.9 Å². The van der Waals surface area contributed by atoms with Gasteiger partial charge in [0.05, 0.1) is 4.92 Å². The maximum absolute atomic E-state index is 10.7. The lowest BCUT2D eigenvalue weighted by Crippen LogP contribution is -2.40. The van der Waals surface area contributed by atoms with Crippen LogP contribution in [0, 0.1) is 17.0 Å². The Bertz CT molecular complexity index is 452. The van der Waals surface area contributed by atoms with Gasteiger partial charge >= 0.3 is 0 Å². The predicted octanol–water partition coefficient (Wildman–Crippen LogP) is 2.83. The summed E-state index contributed by atoms with van der Waals surface area (Å²) in [5.74, 6) is 0.711. The van der Waals surface area contributed by atoms with Crippen molar-refractivity contribution in [2.24, 2.45) is 0 Å². The summed E-state index contributed by atoms with van der Waals surface area (Å²) in [7, 11) is 0. The van der Waals surface area contributed by atoms with Gasteiger partial charge in [-0.2, -0.15) is 0 Å². The molecule has 6 nitrogen and oxygen atoms in total. The smallest absolute Gasteiger partial charge is 0.287 e. The highest BCUT2D eigenvalue weighted by atomic mass is 16.6. The summed E-state index contributed by atoms with van der Waals surface area (Å²) >= 11 is 0. The molecule has 112 valence electrons. The number of pyridine rings is 1. The molecule has 1 aromatic rings. The van der Waals surface area contributed by atoms with Gasteiger partial charge in [-0.25, -0.2) is 4.98 Å². The van der Waals surface area contributed by atoms with Gasteiger partial charge in [-0.3, -0.25) is 15.0 Å². The molecule has 1 heterocycles. The van der Waals surface area contributed by atoms with Crippen LogP contribution in [0.4, 0.5) is 11.5 Å². The van der Waals surface area contributed by atoms with Crippen molar-refractivity contribution in [3.8, 4) is 0 Å². The van der Waals surface area contributed by atoms with Crippen LogP contribution in [-0.2, 0) is 0 Å². The Labute approximate surface area is 120 Å². The molecule has 0 aromatic carbocycles. The number of anilines is 1. The molecule has 0 spiro atoms. The van der Waals surface area contributed by atoms with E-state index in [1.165, 1.54) is 12.3 Å². The second-order valence-corrected chi connectivity index (χ2v) is 5.47. The lowest BCUT2D eigenvalue weighted by Gasteiger charge is -2.30. The molecule has 0 unspecified atom stereocenters. The minimum absolute atomic E-state index is 0.0269.